The second kappa shape index (κ2) is 8.30. The summed E-state index contributed by atoms with van der Waals surface area (Å²) in [6.45, 7) is 0. The van der Waals surface area contributed by atoms with Crippen LogP contribution in [0.15, 0.2) is 67.1 Å². The van der Waals surface area contributed by atoms with Crippen LogP contribution in [0.25, 0.3) is 0 Å². The molecule has 0 radical (unpaired) electrons. The van der Waals surface area contributed by atoms with Gasteiger partial charge in [0.05, 0.1) is 12.8 Å². The number of nitrogens with zero attached hydrogens (tertiary/aromatic N) is 2. The van der Waals surface area contributed by atoms with Crippen LogP contribution < -0.4 is 10.1 Å². The van der Waals surface area contributed by atoms with Gasteiger partial charge in [-0.15, -0.1) is 0 Å². The van der Waals surface area contributed by atoms with Crippen molar-refractivity contribution in [3.63, 3.8) is 0 Å². The average Bonchev–Trinajstić information content (AvgIpc) is 3.22. The predicted molar refractivity (Wildman–Crippen MR) is 103 cm³/mol. The van der Waals surface area contributed by atoms with Crippen molar-refractivity contribution in [2.75, 3.05) is 12.4 Å². The van der Waals surface area contributed by atoms with Crippen molar-refractivity contribution >= 4 is 24.2 Å². The number of methoxy groups -OCH3 is 1. The number of hydrogen-bond acceptors (Lipinski definition) is 5. The molecule has 1 amide bonds. The van der Waals surface area contributed by atoms with Crippen LogP contribution in [-0.2, 0) is 21.5 Å². The van der Waals surface area contributed by atoms with E-state index in [9.17, 15) is 14.4 Å². The molecule has 1 aromatic carbocycles. The minimum atomic E-state index is -1.46. The fourth-order valence-corrected chi connectivity index (χ4v) is 2.90. The molecule has 0 aliphatic rings. The highest BCUT2D eigenvalue weighted by Gasteiger charge is 2.33. The number of pyridine rings is 1. The van der Waals surface area contributed by atoms with Crippen molar-refractivity contribution in [3.05, 3.63) is 78.4 Å². The lowest BCUT2D eigenvalue weighted by molar-refractivity contribution is -0.125. The summed E-state index contributed by atoms with van der Waals surface area (Å²) in [7, 11) is 1.53. The number of aldehydes is 2. The second-order valence-electron chi connectivity index (χ2n) is 6.19. The Hall–Kier alpha value is -3.74. The van der Waals surface area contributed by atoms with Crippen molar-refractivity contribution in [1.82, 2.24) is 9.55 Å². The summed E-state index contributed by atoms with van der Waals surface area (Å²) >= 11 is 0. The molecule has 0 atom stereocenters. The summed E-state index contributed by atoms with van der Waals surface area (Å²) in [4.78, 5) is 40.1. The Bertz CT molecular complexity index is 974. The van der Waals surface area contributed by atoms with Crippen molar-refractivity contribution in [1.29, 1.82) is 0 Å². The van der Waals surface area contributed by atoms with Crippen LogP contribution in [0.3, 0.4) is 0 Å². The third-order valence-electron chi connectivity index (χ3n) is 4.40. The largest absolute Gasteiger partial charge is 0.496 e. The highest BCUT2D eigenvalue weighted by atomic mass is 16.5. The number of benzene rings is 1. The van der Waals surface area contributed by atoms with Crippen LogP contribution in [0.2, 0.25) is 0 Å². The molecule has 7 heteroatoms. The third kappa shape index (κ3) is 3.83. The van der Waals surface area contributed by atoms with E-state index in [1.807, 2.05) is 12.1 Å². The van der Waals surface area contributed by atoms with Gasteiger partial charge in [0.25, 0.3) is 5.91 Å². The molecule has 2 aromatic heterocycles. The standard InChI is InChI=1S/C21H19N3O4/c1-28-19-8-3-2-6-16(19)12-21(14-25,15-26)24-11-9-17(13-24)23-20(27)18-7-4-5-10-22-18/h2-11,13-15H,12H2,1H3,(H,23,27). The molecule has 0 fully saturated rings. The molecular formula is C21H19N3O4. The molecule has 0 saturated carbocycles. The third-order valence-corrected chi connectivity index (χ3v) is 4.40. The van der Waals surface area contributed by atoms with Crippen LogP contribution >= 0.6 is 0 Å². The number of aromatic nitrogens is 2. The average molecular weight is 377 g/mol. The molecule has 0 bridgehead atoms. The van der Waals surface area contributed by atoms with E-state index in [-0.39, 0.29) is 18.0 Å². The maximum absolute atomic E-state index is 12.2. The number of hydrogen-bond donors (Lipinski definition) is 1. The van der Waals surface area contributed by atoms with E-state index in [2.05, 4.69) is 10.3 Å². The molecule has 0 aliphatic carbocycles. The number of carbonyl (C=O) groups is 3. The van der Waals surface area contributed by atoms with Crippen LogP contribution in [0.5, 0.6) is 5.75 Å². The smallest absolute Gasteiger partial charge is 0.274 e. The molecule has 2 heterocycles. The van der Waals surface area contributed by atoms with Gasteiger partial charge in [0.2, 0.25) is 0 Å². The van der Waals surface area contributed by atoms with Crippen molar-refractivity contribution in [3.8, 4) is 5.75 Å². The molecular weight excluding hydrogens is 358 g/mol. The van der Waals surface area contributed by atoms with Gasteiger partial charge in [-0.3, -0.25) is 9.78 Å². The van der Waals surface area contributed by atoms with Crippen molar-refractivity contribution in [2.45, 2.75) is 12.0 Å². The zero-order chi connectivity index (χ0) is 20.0. The maximum Gasteiger partial charge on any atom is 0.274 e. The minimum absolute atomic E-state index is 0.117. The van der Waals surface area contributed by atoms with E-state index in [0.29, 0.717) is 24.0 Å². The van der Waals surface area contributed by atoms with Gasteiger partial charge in [0, 0.05) is 25.0 Å². The molecule has 0 unspecified atom stereocenters. The van der Waals surface area contributed by atoms with Gasteiger partial charge in [-0.1, -0.05) is 24.3 Å². The highest BCUT2D eigenvalue weighted by Crippen LogP contribution is 2.27. The summed E-state index contributed by atoms with van der Waals surface area (Å²) in [6, 6.07) is 13.8. The monoisotopic (exact) mass is 377 g/mol. The normalized spacial score (nSPS) is 10.9. The van der Waals surface area contributed by atoms with E-state index in [1.165, 1.54) is 17.9 Å². The molecule has 3 aromatic rings. The van der Waals surface area contributed by atoms with Gasteiger partial charge in [0.1, 0.15) is 11.4 Å². The lowest BCUT2D eigenvalue weighted by atomic mass is 9.93. The van der Waals surface area contributed by atoms with Crippen LogP contribution in [-0.4, -0.2) is 35.1 Å². The first-order valence-electron chi connectivity index (χ1n) is 8.57. The van der Waals surface area contributed by atoms with Crippen LogP contribution in [0.4, 0.5) is 5.69 Å². The summed E-state index contributed by atoms with van der Waals surface area (Å²) in [5, 5.41) is 2.71. The quantitative estimate of drug-likeness (QED) is 0.481. The zero-order valence-electron chi connectivity index (χ0n) is 15.2. The first-order valence-corrected chi connectivity index (χ1v) is 8.57. The Morgan fingerprint density at radius 2 is 1.89 bits per heavy atom. The Labute approximate surface area is 162 Å². The number of amides is 1. The fourth-order valence-electron chi connectivity index (χ4n) is 2.90. The molecule has 28 heavy (non-hydrogen) atoms. The van der Waals surface area contributed by atoms with E-state index < -0.39 is 5.54 Å². The van der Waals surface area contributed by atoms with E-state index >= 15 is 0 Å². The highest BCUT2D eigenvalue weighted by molar-refractivity contribution is 6.02. The fraction of sp³-hybridized carbons (Fsp3) is 0.143. The van der Waals surface area contributed by atoms with Gasteiger partial charge >= 0.3 is 0 Å². The number of para-hydroxylation sites is 1. The first kappa shape index (κ1) is 19.0. The zero-order valence-corrected chi connectivity index (χ0v) is 15.2. The van der Waals surface area contributed by atoms with Crippen molar-refractivity contribution < 1.29 is 19.1 Å². The Balaban J connectivity index is 1.86. The summed E-state index contributed by atoms with van der Waals surface area (Å²) in [5.41, 5.74) is -0.0233. The number of ether oxygens (including phenoxy) is 1. The Kier molecular flexibility index (Phi) is 5.64. The van der Waals surface area contributed by atoms with E-state index in [1.54, 1.807) is 48.8 Å². The van der Waals surface area contributed by atoms with Gasteiger partial charge in [0.15, 0.2) is 18.1 Å². The summed E-state index contributed by atoms with van der Waals surface area (Å²) in [5.74, 6) is 0.206. The number of rotatable bonds is 8. The lowest BCUT2D eigenvalue weighted by Crippen LogP contribution is -2.38. The minimum Gasteiger partial charge on any atom is -0.496 e. The molecule has 0 saturated heterocycles. The molecule has 142 valence electrons. The topological polar surface area (TPSA) is 90.3 Å². The number of nitrogens with one attached hydrogen (secondary N) is 1. The predicted octanol–water partition coefficient (Wildman–Crippen LogP) is 2.48. The van der Waals surface area contributed by atoms with Gasteiger partial charge in [-0.05, 0) is 29.8 Å². The Morgan fingerprint density at radius 3 is 2.57 bits per heavy atom. The molecule has 3 rings (SSSR count). The molecule has 7 nitrogen and oxygen atoms in total. The molecule has 0 spiro atoms. The van der Waals surface area contributed by atoms with Gasteiger partial charge in [-0.25, -0.2) is 0 Å². The van der Waals surface area contributed by atoms with Crippen LogP contribution in [0, 0.1) is 0 Å². The lowest BCUT2D eigenvalue weighted by Gasteiger charge is -2.24. The molecule has 0 aliphatic heterocycles. The number of anilines is 1. The van der Waals surface area contributed by atoms with E-state index in [4.69, 9.17) is 4.74 Å². The van der Waals surface area contributed by atoms with Crippen LogP contribution in [0.1, 0.15) is 16.1 Å². The summed E-state index contributed by atoms with van der Waals surface area (Å²) in [6.07, 6.45) is 5.95. The Morgan fingerprint density at radius 1 is 1.14 bits per heavy atom. The SMILES string of the molecule is COc1ccccc1CC(C=O)(C=O)n1ccc(NC(=O)c2ccccn2)c1. The van der Waals surface area contributed by atoms with Gasteiger partial charge in [-0.2, -0.15) is 0 Å². The second-order valence-corrected chi connectivity index (χ2v) is 6.19. The van der Waals surface area contributed by atoms with E-state index in [0.717, 1.165) is 5.56 Å². The van der Waals surface area contributed by atoms with Crippen molar-refractivity contribution in [2.24, 2.45) is 0 Å². The summed E-state index contributed by atoms with van der Waals surface area (Å²) < 4.78 is 6.80. The molecule has 1 N–H and O–H groups in total. The van der Waals surface area contributed by atoms with Gasteiger partial charge < -0.3 is 24.2 Å². The maximum atomic E-state index is 12.2. The first-order chi connectivity index (χ1) is 13.6. The number of carbonyl (C=O) groups excluding carboxylic acids is 3.